The summed E-state index contributed by atoms with van der Waals surface area (Å²) in [7, 11) is -2.00. The average molecular weight is 574 g/mol. The number of fused-ring (bicyclic) bond motifs is 1. The lowest BCUT2D eigenvalue weighted by Gasteiger charge is -2.29. The fourth-order valence-corrected chi connectivity index (χ4v) is 5.97. The van der Waals surface area contributed by atoms with Gasteiger partial charge in [-0.1, -0.05) is 41.4 Å². The summed E-state index contributed by atoms with van der Waals surface area (Å²) in [6, 6.07) is 10.7. The Hall–Kier alpha value is -3.34. The van der Waals surface area contributed by atoms with Crippen LogP contribution in [0.2, 0.25) is 10.0 Å². The Morgan fingerprint density at radius 2 is 1.84 bits per heavy atom. The summed E-state index contributed by atoms with van der Waals surface area (Å²) in [5.74, 6) is 0.936. The molecular formula is C26H25Cl2N5O4S. The smallest absolute Gasteiger partial charge is 0.238 e. The predicted octanol–water partition coefficient (Wildman–Crippen LogP) is 5.52. The molecule has 1 aliphatic heterocycles. The molecule has 0 radical (unpaired) electrons. The number of ketones is 1. The molecule has 1 N–H and O–H groups in total. The lowest BCUT2D eigenvalue weighted by molar-refractivity contribution is -0.119. The van der Waals surface area contributed by atoms with Crippen LogP contribution in [-0.4, -0.2) is 54.1 Å². The minimum Gasteiger partial charge on any atom is -0.494 e. The van der Waals surface area contributed by atoms with Crippen molar-refractivity contribution in [1.29, 1.82) is 0 Å². The van der Waals surface area contributed by atoms with Gasteiger partial charge in [-0.3, -0.25) is 4.79 Å². The van der Waals surface area contributed by atoms with Crippen LogP contribution in [0.4, 0.5) is 17.3 Å². The molecule has 0 aliphatic carbocycles. The van der Waals surface area contributed by atoms with Gasteiger partial charge in [0.2, 0.25) is 16.0 Å². The van der Waals surface area contributed by atoms with Gasteiger partial charge in [0.15, 0.2) is 0 Å². The molecule has 0 bridgehead atoms. The molecule has 9 nitrogen and oxygen atoms in total. The summed E-state index contributed by atoms with van der Waals surface area (Å²) in [4.78, 5) is 22.6. The van der Waals surface area contributed by atoms with E-state index in [1.165, 1.54) is 16.4 Å². The van der Waals surface area contributed by atoms with Crippen molar-refractivity contribution < 1.29 is 17.9 Å². The summed E-state index contributed by atoms with van der Waals surface area (Å²) in [5.41, 5.74) is 2.80. The van der Waals surface area contributed by atoms with Gasteiger partial charge >= 0.3 is 0 Å². The number of piperidine rings is 1. The minimum atomic E-state index is -3.55. The molecule has 198 valence electrons. The van der Waals surface area contributed by atoms with Gasteiger partial charge in [0.1, 0.15) is 11.5 Å². The topological polar surface area (TPSA) is 106 Å². The van der Waals surface area contributed by atoms with E-state index in [1.54, 1.807) is 32.2 Å². The number of Topliss-reactive ketones (excluding diaryl/α,β-unsaturated/α-hetero) is 1. The molecule has 3 heterocycles. The first-order valence-electron chi connectivity index (χ1n) is 12.0. The van der Waals surface area contributed by atoms with Crippen LogP contribution in [0.15, 0.2) is 48.8 Å². The number of ether oxygens (including phenoxy) is 1. The van der Waals surface area contributed by atoms with E-state index in [2.05, 4.69) is 20.2 Å². The van der Waals surface area contributed by atoms with Crippen molar-refractivity contribution in [2.75, 3.05) is 36.2 Å². The van der Waals surface area contributed by atoms with Gasteiger partial charge in [0.05, 0.1) is 51.7 Å². The molecule has 0 atom stereocenters. The van der Waals surface area contributed by atoms with Crippen molar-refractivity contribution in [3.05, 3.63) is 58.8 Å². The van der Waals surface area contributed by atoms with Crippen LogP contribution in [0.25, 0.3) is 22.2 Å². The molecule has 0 amide bonds. The van der Waals surface area contributed by atoms with Gasteiger partial charge in [0.25, 0.3) is 0 Å². The highest BCUT2D eigenvalue weighted by atomic mass is 35.5. The third-order valence-corrected chi connectivity index (χ3v) is 8.73. The molecule has 0 unspecified atom stereocenters. The molecule has 2 aromatic heterocycles. The van der Waals surface area contributed by atoms with Crippen LogP contribution >= 0.6 is 23.2 Å². The molecule has 5 rings (SSSR count). The number of nitrogens with zero attached hydrogens (tertiary/aromatic N) is 4. The van der Waals surface area contributed by atoms with Crippen LogP contribution in [0.3, 0.4) is 0 Å². The Morgan fingerprint density at radius 1 is 1.11 bits per heavy atom. The van der Waals surface area contributed by atoms with Gasteiger partial charge < -0.3 is 15.0 Å². The second kappa shape index (κ2) is 10.4. The fourth-order valence-electron chi connectivity index (χ4n) is 4.49. The Labute approximate surface area is 230 Å². The highest BCUT2D eigenvalue weighted by Gasteiger charge is 2.23. The van der Waals surface area contributed by atoms with E-state index in [0.717, 1.165) is 5.69 Å². The Balaban J connectivity index is 1.53. The van der Waals surface area contributed by atoms with Gasteiger partial charge in [-0.05, 0) is 19.1 Å². The van der Waals surface area contributed by atoms with E-state index < -0.39 is 10.0 Å². The number of methoxy groups -OCH3 is 1. The van der Waals surface area contributed by atoms with Crippen molar-refractivity contribution in [3.8, 4) is 17.0 Å². The SMILES string of the molecule is CCS(=O)(=O)n1cc(-c2nc(Nc3cc(Cl)c(N4CCC(=O)CC4)cc3OC)ncc2Cl)c2ccccc21. The van der Waals surface area contributed by atoms with Crippen molar-refractivity contribution >= 4 is 67.2 Å². The second-order valence-electron chi connectivity index (χ2n) is 8.80. The summed E-state index contributed by atoms with van der Waals surface area (Å²) >= 11 is 13.1. The maximum atomic E-state index is 12.8. The van der Waals surface area contributed by atoms with Crippen molar-refractivity contribution in [2.24, 2.45) is 0 Å². The highest BCUT2D eigenvalue weighted by Crippen LogP contribution is 2.39. The lowest BCUT2D eigenvalue weighted by atomic mass is 10.1. The summed E-state index contributed by atoms with van der Waals surface area (Å²) in [6.07, 6.45) is 3.96. The molecule has 1 fully saturated rings. The summed E-state index contributed by atoms with van der Waals surface area (Å²) in [6.45, 7) is 2.79. The Morgan fingerprint density at radius 3 is 2.55 bits per heavy atom. The molecule has 0 spiro atoms. The number of para-hydroxylation sites is 1. The number of benzene rings is 2. The summed E-state index contributed by atoms with van der Waals surface area (Å²) < 4.78 is 32.4. The lowest BCUT2D eigenvalue weighted by Crippen LogP contribution is -2.33. The zero-order valence-corrected chi connectivity index (χ0v) is 23.1. The minimum absolute atomic E-state index is 0.0558. The van der Waals surface area contributed by atoms with E-state index in [-0.39, 0.29) is 22.5 Å². The quantitative estimate of drug-likeness (QED) is 0.308. The molecule has 12 heteroatoms. The molecule has 1 saturated heterocycles. The average Bonchev–Trinajstić information content (AvgIpc) is 3.31. The van der Waals surface area contributed by atoms with Crippen LogP contribution in [-0.2, 0) is 14.8 Å². The number of rotatable bonds is 7. The van der Waals surface area contributed by atoms with E-state index in [4.69, 9.17) is 27.9 Å². The number of carbonyl (C=O) groups excluding carboxylic acids is 1. The maximum absolute atomic E-state index is 12.8. The van der Waals surface area contributed by atoms with Crippen molar-refractivity contribution in [3.63, 3.8) is 0 Å². The van der Waals surface area contributed by atoms with Gasteiger partial charge in [-0.2, -0.15) is 0 Å². The first-order valence-corrected chi connectivity index (χ1v) is 14.4. The largest absolute Gasteiger partial charge is 0.494 e. The van der Waals surface area contributed by atoms with E-state index in [1.807, 2.05) is 18.2 Å². The second-order valence-corrected chi connectivity index (χ2v) is 11.8. The van der Waals surface area contributed by atoms with Gasteiger partial charge in [-0.15, -0.1) is 0 Å². The molecule has 0 saturated carbocycles. The number of nitrogens with one attached hydrogen (secondary N) is 1. The van der Waals surface area contributed by atoms with E-state index >= 15 is 0 Å². The number of hydrogen-bond donors (Lipinski definition) is 1. The molecule has 38 heavy (non-hydrogen) atoms. The van der Waals surface area contributed by atoms with Crippen LogP contribution in [0.5, 0.6) is 5.75 Å². The van der Waals surface area contributed by atoms with E-state index in [9.17, 15) is 13.2 Å². The van der Waals surface area contributed by atoms with Crippen LogP contribution < -0.4 is 15.0 Å². The fraction of sp³-hybridized carbons (Fsp3) is 0.269. The van der Waals surface area contributed by atoms with Crippen molar-refractivity contribution in [2.45, 2.75) is 19.8 Å². The highest BCUT2D eigenvalue weighted by molar-refractivity contribution is 7.90. The number of carbonyl (C=O) groups is 1. The van der Waals surface area contributed by atoms with Gasteiger partial charge in [-0.25, -0.2) is 22.4 Å². The van der Waals surface area contributed by atoms with Crippen molar-refractivity contribution in [1.82, 2.24) is 13.9 Å². The first-order chi connectivity index (χ1) is 18.2. The maximum Gasteiger partial charge on any atom is 0.238 e. The number of hydrogen-bond acceptors (Lipinski definition) is 8. The summed E-state index contributed by atoms with van der Waals surface area (Å²) in [5, 5.41) is 4.60. The number of anilines is 3. The van der Waals surface area contributed by atoms with Crippen LogP contribution in [0.1, 0.15) is 19.8 Å². The number of aromatic nitrogens is 3. The molecule has 2 aromatic carbocycles. The standard InChI is InChI=1S/C26H25Cl2N5O4S/c1-3-38(35,36)33-15-18(17-6-4-5-7-22(17)33)25-20(28)14-29-26(31-25)30-21-12-19(27)23(13-24(21)37-2)32-10-8-16(34)9-11-32/h4-7,12-15H,3,8-11H2,1-2H3,(H,29,30,31). The molecule has 4 aromatic rings. The predicted molar refractivity (Wildman–Crippen MR) is 151 cm³/mol. The molecule has 1 aliphatic rings. The zero-order valence-electron chi connectivity index (χ0n) is 20.7. The van der Waals surface area contributed by atoms with Gasteiger partial charge in [0, 0.05) is 49.1 Å². The Bertz CT molecular complexity index is 1650. The molecular weight excluding hydrogens is 549 g/mol. The zero-order chi connectivity index (χ0) is 27.0. The van der Waals surface area contributed by atoms with E-state index in [0.29, 0.717) is 64.6 Å². The monoisotopic (exact) mass is 573 g/mol. The number of halogens is 2. The normalized spacial score (nSPS) is 14.2. The third kappa shape index (κ3) is 4.91. The first kappa shape index (κ1) is 26.3. The third-order valence-electron chi connectivity index (χ3n) is 6.52. The Kier molecular flexibility index (Phi) is 7.21. The van der Waals surface area contributed by atoms with Crippen LogP contribution in [0, 0.1) is 0 Å².